The number of anilines is 2. The van der Waals surface area contributed by atoms with Gasteiger partial charge in [-0.25, -0.2) is 4.98 Å². The van der Waals surface area contributed by atoms with E-state index in [1.807, 2.05) is 13.8 Å². The number of nitrogen functional groups attached to an aromatic ring is 1. The molecule has 18 heavy (non-hydrogen) atoms. The monoisotopic (exact) mass is 270 g/mol. The van der Waals surface area contributed by atoms with Crippen molar-refractivity contribution in [1.82, 2.24) is 9.88 Å². The van der Waals surface area contributed by atoms with Gasteiger partial charge in [0, 0.05) is 19.3 Å². The molecule has 0 spiro atoms. The molecule has 0 aromatic carbocycles. The molecule has 1 aromatic heterocycles. The van der Waals surface area contributed by atoms with E-state index in [9.17, 15) is 4.79 Å². The Labute approximate surface area is 112 Å². The van der Waals surface area contributed by atoms with Crippen LogP contribution in [0.4, 0.5) is 11.5 Å². The van der Waals surface area contributed by atoms with Gasteiger partial charge in [0.05, 0.1) is 10.7 Å². The largest absolute Gasteiger partial charge is 0.396 e. The number of amides is 1. The third kappa shape index (κ3) is 3.50. The number of hydrogen-bond acceptors (Lipinski definition) is 4. The van der Waals surface area contributed by atoms with E-state index in [2.05, 4.69) is 10.3 Å². The first-order chi connectivity index (χ1) is 8.49. The predicted octanol–water partition coefficient (Wildman–Crippen LogP) is 1.99. The van der Waals surface area contributed by atoms with Crippen molar-refractivity contribution < 1.29 is 4.79 Å². The number of carbonyl (C=O) groups excluding carboxylic acids is 1. The molecule has 1 aromatic rings. The van der Waals surface area contributed by atoms with Crippen molar-refractivity contribution in [3.8, 4) is 0 Å². The molecule has 100 valence electrons. The maximum Gasteiger partial charge on any atom is 0.244 e. The van der Waals surface area contributed by atoms with Crippen molar-refractivity contribution in [1.29, 1.82) is 0 Å². The first kappa shape index (κ1) is 14.6. The molecule has 3 N–H and O–H groups in total. The SMILES string of the molecule is CCN(CC)C(=O)C(C)Nc1ncc(Cl)cc1N. The van der Waals surface area contributed by atoms with Crippen molar-refractivity contribution in [3.63, 3.8) is 0 Å². The minimum Gasteiger partial charge on any atom is -0.396 e. The van der Waals surface area contributed by atoms with E-state index in [-0.39, 0.29) is 11.9 Å². The maximum atomic E-state index is 12.1. The van der Waals surface area contributed by atoms with E-state index in [4.69, 9.17) is 17.3 Å². The number of hydrogen-bond donors (Lipinski definition) is 2. The Kier molecular flexibility index (Phi) is 5.22. The summed E-state index contributed by atoms with van der Waals surface area (Å²) in [5.74, 6) is 0.503. The Morgan fingerprint density at radius 2 is 2.17 bits per heavy atom. The van der Waals surface area contributed by atoms with Crippen LogP contribution in [0.2, 0.25) is 5.02 Å². The predicted molar refractivity (Wildman–Crippen MR) is 74.7 cm³/mol. The highest BCUT2D eigenvalue weighted by atomic mass is 35.5. The third-order valence-electron chi connectivity index (χ3n) is 2.68. The van der Waals surface area contributed by atoms with E-state index in [1.54, 1.807) is 17.9 Å². The number of nitrogens with one attached hydrogen (secondary N) is 1. The molecule has 0 saturated carbocycles. The number of likely N-dealkylation sites (N-methyl/N-ethyl adjacent to an activating group) is 1. The summed E-state index contributed by atoms with van der Waals surface area (Å²) in [5.41, 5.74) is 6.21. The normalized spacial score (nSPS) is 12.0. The zero-order valence-electron chi connectivity index (χ0n) is 10.9. The number of halogens is 1. The quantitative estimate of drug-likeness (QED) is 0.858. The number of carbonyl (C=O) groups is 1. The maximum absolute atomic E-state index is 12.1. The molecule has 0 saturated heterocycles. The van der Waals surface area contributed by atoms with Crippen LogP contribution in [0.15, 0.2) is 12.3 Å². The molecule has 1 amide bonds. The number of pyridine rings is 1. The molecule has 0 radical (unpaired) electrons. The lowest BCUT2D eigenvalue weighted by Gasteiger charge is -2.24. The minimum absolute atomic E-state index is 0.0242. The third-order valence-corrected chi connectivity index (χ3v) is 2.89. The van der Waals surface area contributed by atoms with E-state index in [0.717, 1.165) is 0 Å². The Bertz CT molecular complexity index is 421. The summed E-state index contributed by atoms with van der Waals surface area (Å²) in [4.78, 5) is 17.9. The fraction of sp³-hybridized carbons (Fsp3) is 0.500. The van der Waals surface area contributed by atoms with Gasteiger partial charge in [0.2, 0.25) is 5.91 Å². The van der Waals surface area contributed by atoms with Crippen molar-refractivity contribution >= 4 is 29.0 Å². The van der Waals surface area contributed by atoms with Crippen molar-refractivity contribution in [2.75, 3.05) is 24.1 Å². The molecule has 0 fully saturated rings. The molecule has 0 aliphatic rings. The fourth-order valence-corrected chi connectivity index (χ4v) is 1.82. The number of nitrogens with zero attached hydrogens (tertiary/aromatic N) is 2. The first-order valence-corrected chi connectivity index (χ1v) is 6.33. The summed E-state index contributed by atoms with van der Waals surface area (Å²) in [7, 11) is 0. The van der Waals surface area contributed by atoms with Crippen LogP contribution in [0.5, 0.6) is 0 Å². The van der Waals surface area contributed by atoms with Gasteiger partial charge in [-0.15, -0.1) is 0 Å². The van der Waals surface area contributed by atoms with E-state index < -0.39 is 0 Å². The summed E-state index contributed by atoms with van der Waals surface area (Å²) in [6, 6.07) is 1.23. The summed E-state index contributed by atoms with van der Waals surface area (Å²) < 4.78 is 0. The second-order valence-electron chi connectivity index (χ2n) is 3.97. The van der Waals surface area contributed by atoms with Gasteiger partial charge in [-0.1, -0.05) is 11.6 Å². The second kappa shape index (κ2) is 6.44. The molecule has 6 heteroatoms. The van der Waals surface area contributed by atoms with Gasteiger partial charge >= 0.3 is 0 Å². The zero-order valence-corrected chi connectivity index (χ0v) is 11.7. The summed E-state index contributed by atoms with van der Waals surface area (Å²) in [6.07, 6.45) is 1.49. The summed E-state index contributed by atoms with van der Waals surface area (Å²) in [6.45, 7) is 7.05. The topological polar surface area (TPSA) is 71.2 Å². The van der Waals surface area contributed by atoms with Crippen LogP contribution in [0.3, 0.4) is 0 Å². The minimum atomic E-state index is -0.374. The van der Waals surface area contributed by atoms with Crippen LogP contribution >= 0.6 is 11.6 Å². The molecule has 1 unspecified atom stereocenters. The highest BCUT2D eigenvalue weighted by molar-refractivity contribution is 6.30. The van der Waals surface area contributed by atoms with Crippen LogP contribution in [-0.4, -0.2) is 34.9 Å². The van der Waals surface area contributed by atoms with Crippen LogP contribution in [0, 0.1) is 0 Å². The number of nitrogens with two attached hydrogens (primary N) is 1. The van der Waals surface area contributed by atoms with Gasteiger partial charge in [-0.05, 0) is 26.8 Å². The molecule has 5 nitrogen and oxygen atoms in total. The molecule has 0 aliphatic carbocycles. The lowest BCUT2D eigenvalue weighted by molar-refractivity contribution is -0.131. The average Bonchev–Trinajstić information content (AvgIpc) is 2.34. The molecular weight excluding hydrogens is 252 g/mol. The fourth-order valence-electron chi connectivity index (χ4n) is 1.65. The van der Waals surface area contributed by atoms with Crippen LogP contribution in [0.25, 0.3) is 0 Å². The Morgan fingerprint density at radius 1 is 1.56 bits per heavy atom. The smallest absolute Gasteiger partial charge is 0.244 e. The molecular formula is C12H19ClN4O. The number of aromatic nitrogens is 1. The Morgan fingerprint density at radius 3 is 2.67 bits per heavy atom. The van der Waals surface area contributed by atoms with E-state index in [1.165, 1.54) is 6.20 Å². The molecule has 1 heterocycles. The van der Waals surface area contributed by atoms with Gasteiger partial charge in [0.15, 0.2) is 0 Å². The lowest BCUT2D eigenvalue weighted by Crippen LogP contribution is -2.41. The molecule has 1 atom stereocenters. The lowest BCUT2D eigenvalue weighted by atomic mass is 10.2. The van der Waals surface area contributed by atoms with E-state index in [0.29, 0.717) is 29.6 Å². The zero-order chi connectivity index (χ0) is 13.7. The Hall–Kier alpha value is -1.49. The average molecular weight is 271 g/mol. The van der Waals surface area contributed by atoms with Crippen molar-refractivity contribution in [3.05, 3.63) is 17.3 Å². The summed E-state index contributed by atoms with van der Waals surface area (Å²) >= 11 is 5.77. The van der Waals surface area contributed by atoms with Gasteiger partial charge in [0.25, 0.3) is 0 Å². The molecule has 0 aliphatic heterocycles. The van der Waals surface area contributed by atoms with Gasteiger partial charge in [0.1, 0.15) is 11.9 Å². The molecule has 1 rings (SSSR count). The standard InChI is InChI=1S/C12H19ClN4O/c1-4-17(5-2)12(18)8(3)16-11-10(14)6-9(13)7-15-11/h6-8H,4-5,14H2,1-3H3,(H,15,16). The van der Waals surface area contributed by atoms with Crippen LogP contribution in [-0.2, 0) is 4.79 Å². The van der Waals surface area contributed by atoms with Gasteiger partial charge in [-0.2, -0.15) is 0 Å². The molecule has 0 bridgehead atoms. The first-order valence-electron chi connectivity index (χ1n) is 5.95. The second-order valence-corrected chi connectivity index (χ2v) is 4.40. The van der Waals surface area contributed by atoms with Gasteiger partial charge < -0.3 is 16.0 Å². The number of rotatable bonds is 5. The Balaban J connectivity index is 2.75. The van der Waals surface area contributed by atoms with Crippen molar-refractivity contribution in [2.45, 2.75) is 26.8 Å². The van der Waals surface area contributed by atoms with Gasteiger partial charge in [-0.3, -0.25) is 4.79 Å². The van der Waals surface area contributed by atoms with Crippen LogP contribution < -0.4 is 11.1 Å². The highest BCUT2D eigenvalue weighted by Gasteiger charge is 2.18. The van der Waals surface area contributed by atoms with Crippen LogP contribution in [0.1, 0.15) is 20.8 Å². The highest BCUT2D eigenvalue weighted by Crippen LogP contribution is 2.20. The van der Waals surface area contributed by atoms with Crippen molar-refractivity contribution in [2.24, 2.45) is 0 Å². The summed E-state index contributed by atoms with van der Waals surface area (Å²) in [5, 5.41) is 3.47. The van der Waals surface area contributed by atoms with E-state index >= 15 is 0 Å².